The summed E-state index contributed by atoms with van der Waals surface area (Å²) < 4.78 is 14.0. The number of aromatic amines is 1. The maximum absolute atomic E-state index is 14.0. The van der Waals surface area contributed by atoms with E-state index in [0.29, 0.717) is 11.0 Å². The van der Waals surface area contributed by atoms with Crippen LogP contribution in [0, 0.1) is 23.7 Å². The summed E-state index contributed by atoms with van der Waals surface area (Å²) >= 11 is 6.34. The van der Waals surface area contributed by atoms with Crippen molar-refractivity contribution in [2.45, 2.75) is 51.8 Å². The number of fused-ring (bicyclic) bond motifs is 1. The predicted octanol–water partition coefficient (Wildman–Crippen LogP) is 4.12. The molecule has 0 spiro atoms. The quantitative estimate of drug-likeness (QED) is 0.731. The van der Waals surface area contributed by atoms with E-state index < -0.39 is 6.23 Å². The van der Waals surface area contributed by atoms with Crippen LogP contribution in [-0.4, -0.2) is 51.3 Å². The summed E-state index contributed by atoms with van der Waals surface area (Å²) in [6.45, 7) is 6.82. The summed E-state index contributed by atoms with van der Waals surface area (Å²) in [4.78, 5) is 4.62. The summed E-state index contributed by atoms with van der Waals surface area (Å²) in [7, 11) is 0. The molecule has 1 aromatic heterocycles. The number of nitrogens with one attached hydrogen (secondary N) is 1. The molecule has 2 N–H and O–H groups in total. The number of aliphatic hydroxyl groups excluding tert-OH is 1. The normalized spacial score (nSPS) is 30.0. The number of hydrogen-bond donors (Lipinski definition) is 2. The van der Waals surface area contributed by atoms with Crippen LogP contribution in [0.3, 0.4) is 0 Å². The van der Waals surface area contributed by atoms with Crippen LogP contribution >= 0.6 is 11.6 Å². The van der Waals surface area contributed by atoms with Crippen molar-refractivity contribution in [3.05, 3.63) is 40.0 Å². The molecule has 2 fully saturated rings. The molecule has 0 radical (unpaired) electrons. The number of allylic oxidation sites excluding steroid dienone is 4. The van der Waals surface area contributed by atoms with E-state index >= 15 is 0 Å². The molecule has 30 heavy (non-hydrogen) atoms. The SMILES string of the molecule is CC1C=CC(F)=C(Cl)C1C1CCN(C(O)c2n[nH]c3c2CCN(CC2CC2)C3)CC1. The van der Waals surface area contributed by atoms with E-state index in [1.54, 1.807) is 0 Å². The molecule has 2 aliphatic carbocycles. The fraction of sp³-hybridized carbons (Fsp3) is 0.696. The van der Waals surface area contributed by atoms with Gasteiger partial charge in [-0.25, -0.2) is 4.39 Å². The molecule has 0 amide bonds. The van der Waals surface area contributed by atoms with E-state index in [1.807, 2.05) is 6.08 Å². The van der Waals surface area contributed by atoms with Crippen LogP contribution in [0.5, 0.6) is 0 Å². The lowest BCUT2D eigenvalue weighted by Gasteiger charge is -2.40. The fourth-order valence-electron chi connectivity index (χ4n) is 5.59. The van der Waals surface area contributed by atoms with Crippen LogP contribution in [0.4, 0.5) is 4.39 Å². The van der Waals surface area contributed by atoms with Gasteiger partial charge < -0.3 is 5.11 Å². The monoisotopic (exact) mass is 434 g/mol. The van der Waals surface area contributed by atoms with E-state index in [0.717, 1.165) is 57.1 Å². The van der Waals surface area contributed by atoms with Gasteiger partial charge in [0, 0.05) is 44.2 Å². The van der Waals surface area contributed by atoms with Crippen molar-refractivity contribution in [1.82, 2.24) is 20.0 Å². The minimum atomic E-state index is -0.674. The van der Waals surface area contributed by atoms with E-state index in [2.05, 4.69) is 26.9 Å². The molecule has 7 heteroatoms. The Bertz CT molecular complexity index is 840. The Hall–Kier alpha value is -1.21. The lowest BCUT2D eigenvalue weighted by atomic mass is 9.75. The van der Waals surface area contributed by atoms with Crippen molar-refractivity contribution in [3.8, 4) is 0 Å². The zero-order valence-electron chi connectivity index (χ0n) is 17.7. The van der Waals surface area contributed by atoms with Crippen LogP contribution in [0.2, 0.25) is 0 Å². The van der Waals surface area contributed by atoms with Gasteiger partial charge in [0.05, 0.1) is 10.7 Å². The molecule has 5 nitrogen and oxygen atoms in total. The van der Waals surface area contributed by atoms with Gasteiger partial charge in [-0.2, -0.15) is 5.10 Å². The molecule has 164 valence electrons. The average molecular weight is 435 g/mol. The van der Waals surface area contributed by atoms with Crippen molar-refractivity contribution < 1.29 is 9.50 Å². The molecule has 0 bridgehead atoms. The zero-order chi connectivity index (χ0) is 20.8. The summed E-state index contributed by atoms with van der Waals surface area (Å²) in [5.41, 5.74) is 3.17. The number of nitrogens with zero attached hydrogens (tertiary/aromatic N) is 3. The molecular weight excluding hydrogens is 403 g/mol. The molecule has 3 atom stereocenters. The third-order valence-electron chi connectivity index (χ3n) is 7.56. The van der Waals surface area contributed by atoms with Crippen LogP contribution < -0.4 is 0 Å². The highest BCUT2D eigenvalue weighted by atomic mass is 35.5. The van der Waals surface area contributed by atoms with Crippen LogP contribution in [0.25, 0.3) is 0 Å². The second kappa shape index (κ2) is 8.38. The highest BCUT2D eigenvalue weighted by Crippen LogP contribution is 2.43. The van der Waals surface area contributed by atoms with Crippen molar-refractivity contribution >= 4 is 11.6 Å². The third-order valence-corrected chi connectivity index (χ3v) is 8.00. The van der Waals surface area contributed by atoms with E-state index in [-0.39, 0.29) is 17.7 Å². The lowest BCUT2D eigenvalue weighted by molar-refractivity contribution is -0.0276. The molecule has 0 aromatic carbocycles. The molecule has 1 saturated heterocycles. The summed E-state index contributed by atoms with van der Waals surface area (Å²) in [5.74, 6) is 1.24. The zero-order valence-corrected chi connectivity index (χ0v) is 18.4. The second-order valence-corrected chi connectivity index (χ2v) is 10.1. The predicted molar refractivity (Wildman–Crippen MR) is 115 cm³/mol. The molecule has 3 unspecified atom stereocenters. The van der Waals surface area contributed by atoms with Crippen LogP contribution in [-0.2, 0) is 13.0 Å². The lowest BCUT2D eigenvalue weighted by Crippen LogP contribution is -2.40. The van der Waals surface area contributed by atoms with Crippen molar-refractivity contribution in [3.63, 3.8) is 0 Å². The maximum Gasteiger partial charge on any atom is 0.152 e. The van der Waals surface area contributed by atoms with Crippen molar-refractivity contribution in [2.24, 2.45) is 23.7 Å². The first-order valence-corrected chi connectivity index (χ1v) is 11.8. The molecule has 4 aliphatic rings. The third kappa shape index (κ3) is 3.99. The number of aromatic nitrogens is 2. The van der Waals surface area contributed by atoms with Gasteiger partial charge in [-0.1, -0.05) is 24.6 Å². The molecule has 1 aromatic rings. The number of likely N-dealkylation sites (tertiary alicyclic amines) is 1. The first-order valence-electron chi connectivity index (χ1n) is 11.4. The van der Waals surface area contributed by atoms with E-state index in [1.165, 1.54) is 36.7 Å². The summed E-state index contributed by atoms with van der Waals surface area (Å²) in [5, 5.41) is 19.2. The number of piperidine rings is 1. The average Bonchev–Trinajstić information content (AvgIpc) is 3.47. The Kier molecular flexibility index (Phi) is 5.78. The van der Waals surface area contributed by atoms with Gasteiger partial charge in [-0.3, -0.25) is 14.9 Å². The minimum absolute atomic E-state index is 0.0477. The Balaban J connectivity index is 1.21. The molecule has 2 aliphatic heterocycles. The second-order valence-electron chi connectivity index (χ2n) is 9.68. The van der Waals surface area contributed by atoms with Gasteiger partial charge in [-0.15, -0.1) is 0 Å². The number of rotatable bonds is 5. The molecule has 3 heterocycles. The summed E-state index contributed by atoms with van der Waals surface area (Å²) in [6, 6.07) is 0. The number of aliphatic hydroxyl groups is 1. The first kappa shape index (κ1) is 20.7. The van der Waals surface area contributed by atoms with Crippen LogP contribution in [0.1, 0.15) is 55.8 Å². The topological polar surface area (TPSA) is 55.4 Å². The van der Waals surface area contributed by atoms with E-state index in [4.69, 9.17) is 11.6 Å². The van der Waals surface area contributed by atoms with Crippen molar-refractivity contribution in [2.75, 3.05) is 26.2 Å². The Morgan fingerprint density at radius 3 is 2.77 bits per heavy atom. The van der Waals surface area contributed by atoms with Gasteiger partial charge >= 0.3 is 0 Å². The first-order chi connectivity index (χ1) is 14.5. The highest BCUT2D eigenvalue weighted by Gasteiger charge is 2.37. The van der Waals surface area contributed by atoms with Gasteiger partial charge in [0.25, 0.3) is 0 Å². The molecular formula is C23H32ClFN4O. The fourth-order valence-corrected chi connectivity index (χ4v) is 6.03. The smallest absolute Gasteiger partial charge is 0.152 e. The molecule has 1 saturated carbocycles. The number of H-pyrrole nitrogens is 1. The Morgan fingerprint density at radius 2 is 2.03 bits per heavy atom. The Labute approximate surface area is 183 Å². The number of hydrogen-bond acceptors (Lipinski definition) is 4. The highest BCUT2D eigenvalue weighted by molar-refractivity contribution is 6.30. The Morgan fingerprint density at radius 1 is 1.27 bits per heavy atom. The van der Waals surface area contributed by atoms with Gasteiger partial charge in [0.2, 0.25) is 0 Å². The maximum atomic E-state index is 14.0. The largest absolute Gasteiger partial charge is 0.372 e. The van der Waals surface area contributed by atoms with Gasteiger partial charge in [0.1, 0.15) is 11.5 Å². The summed E-state index contributed by atoms with van der Waals surface area (Å²) in [6.07, 6.45) is 8.26. The standard InChI is InChI=1S/C23H32ClFN4O/c1-14-2-5-18(25)21(24)20(14)16-6-10-29(11-7-16)23(30)22-17-8-9-28(12-15-3-4-15)13-19(17)26-27-22/h2,5,14-16,20,23,30H,3-4,6-13H2,1H3,(H,26,27). The number of halogens is 2. The van der Waals surface area contributed by atoms with E-state index in [9.17, 15) is 9.50 Å². The van der Waals surface area contributed by atoms with Gasteiger partial charge in [-0.05, 0) is 55.9 Å². The van der Waals surface area contributed by atoms with Gasteiger partial charge in [0.15, 0.2) is 6.23 Å². The van der Waals surface area contributed by atoms with Crippen molar-refractivity contribution in [1.29, 1.82) is 0 Å². The minimum Gasteiger partial charge on any atom is -0.372 e. The molecule has 5 rings (SSSR count). The van der Waals surface area contributed by atoms with Crippen LogP contribution in [0.15, 0.2) is 23.0 Å².